The van der Waals surface area contributed by atoms with Crippen LogP contribution in [-0.4, -0.2) is 26.7 Å². The van der Waals surface area contributed by atoms with Crippen molar-refractivity contribution in [2.24, 2.45) is 17.9 Å². The number of aromatic nitrogens is 2. The van der Waals surface area contributed by atoms with Crippen molar-refractivity contribution in [2.75, 3.05) is 5.32 Å². The molecule has 2 aromatic rings. The largest absolute Gasteiger partial charge is 0.409 e. The number of oxime groups is 1. The summed E-state index contributed by atoms with van der Waals surface area (Å²) in [6, 6.07) is 3.81. The number of amides is 1. The number of amidine groups is 1. The Morgan fingerprint density at radius 2 is 2.24 bits per heavy atom. The normalized spacial score (nSPS) is 11.5. The molecule has 1 aromatic carbocycles. The van der Waals surface area contributed by atoms with Crippen LogP contribution in [0.25, 0.3) is 0 Å². The van der Waals surface area contributed by atoms with E-state index in [1.165, 1.54) is 23.0 Å². The fourth-order valence-electron chi connectivity index (χ4n) is 1.69. The number of nitrogens with one attached hydrogen (secondary N) is 1. The molecule has 0 fully saturated rings. The number of anilines is 1. The number of rotatable bonds is 3. The highest BCUT2D eigenvalue weighted by molar-refractivity contribution is 9.10. The van der Waals surface area contributed by atoms with Crippen LogP contribution in [0.1, 0.15) is 15.9 Å². The minimum absolute atomic E-state index is 0.119. The Labute approximate surface area is 127 Å². The average molecular weight is 356 g/mol. The molecule has 0 saturated carbocycles. The number of hydrogen-bond donors (Lipinski definition) is 3. The Bertz CT molecular complexity index is 708. The molecule has 0 saturated heterocycles. The molecule has 1 aromatic heterocycles. The summed E-state index contributed by atoms with van der Waals surface area (Å²) < 4.78 is 15.1. The van der Waals surface area contributed by atoms with E-state index in [2.05, 4.69) is 31.5 Å². The van der Waals surface area contributed by atoms with Crippen LogP contribution < -0.4 is 11.1 Å². The van der Waals surface area contributed by atoms with Gasteiger partial charge in [-0.3, -0.25) is 9.48 Å². The first-order valence-corrected chi connectivity index (χ1v) is 6.49. The van der Waals surface area contributed by atoms with Crippen molar-refractivity contribution in [2.45, 2.75) is 0 Å². The lowest BCUT2D eigenvalue weighted by Gasteiger charge is -2.08. The van der Waals surface area contributed by atoms with Gasteiger partial charge < -0.3 is 16.3 Å². The quantitative estimate of drug-likeness (QED) is 0.337. The second-order valence-corrected chi connectivity index (χ2v) is 5.04. The van der Waals surface area contributed by atoms with E-state index in [-0.39, 0.29) is 22.8 Å². The average Bonchev–Trinajstić information content (AvgIpc) is 2.78. The maximum Gasteiger partial charge on any atom is 0.256 e. The van der Waals surface area contributed by atoms with E-state index < -0.39 is 11.7 Å². The molecule has 0 aliphatic rings. The summed E-state index contributed by atoms with van der Waals surface area (Å²) in [5.74, 6) is -1.06. The molecule has 0 aliphatic carbocycles. The van der Waals surface area contributed by atoms with Crippen LogP contribution in [0.3, 0.4) is 0 Å². The zero-order chi connectivity index (χ0) is 15.6. The molecule has 7 nitrogen and oxygen atoms in total. The molecule has 0 aliphatic heterocycles. The number of halogens is 2. The van der Waals surface area contributed by atoms with Gasteiger partial charge >= 0.3 is 0 Å². The minimum atomic E-state index is -0.550. The van der Waals surface area contributed by atoms with Crippen LogP contribution >= 0.6 is 15.9 Å². The Kier molecular flexibility index (Phi) is 4.22. The topological polar surface area (TPSA) is 106 Å². The van der Waals surface area contributed by atoms with Gasteiger partial charge in [0.1, 0.15) is 11.6 Å². The number of benzene rings is 1. The molecule has 1 amide bonds. The molecular formula is C12H11BrFN5O2. The van der Waals surface area contributed by atoms with E-state index in [4.69, 9.17) is 10.9 Å². The highest BCUT2D eigenvalue weighted by Crippen LogP contribution is 2.18. The van der Waals surface area contributed by atoms with Crippen molar-refractivity contribution in [3.8, 4) is 0 Å². The second kappa shape index (κ2) is 5.92. The molecule has 4 N–H and O–H groups in total. The summed E-state index contributed by atoms with van der Waals surface area (Å²) in [6.45, 7) is 0. The molecule has 0 bridgehead atoms. The standard InChI is InChI=1S/C12H11BrFN5O2/c1-19-11(9(5-16-19)10(15)18-21)17-12(20)6-2-7(13)4-8(14)3-6/h2-5,21H,1H3,(H2,15,18)(H,17,20). The van der Waals surface area contributed by atoms with Crippen LogP contribution in [0.4, 0.5) is 10.2 Å². The molecule has 2 rings (SSSR count). The Morgan fingerprint density at radius 1 is 1.52 bits per heavy atom. The monoisotopic (exact) mass is 355 g/mol. The van der Waals surface area contributed by atoms with Crippen molar-refractivity contribution < 1.29 is 14.4 Å². The Hall–Kier alpha value is -2.42. The zero-order valence-corrected chi connectivity index (χ0v) is 12.4. The van der Waals surface area contributed by atoms with Gasteiger partial charge in [-0.05, 0) is 18.2 Å². The predicted molar refractivity (Wildman–Crippen MR) is 77.8 cm³/mol. The van der Waals surface area contributed by atoms with Crippen LogP contribution in [0.5, 0.6) is 0 Å². The zero-order valence-electron chi connectivity index (χ0n) is 10.8. The van der Waals surface area contributed by atoms with Crippen LogP contribution in [0, 0.1) is 5.82 Å². The molecule has 0 atom stereocenters. The number of carbonyl (C=O) groups excluding carboxylic acids is 1. The lowest BCUT2D eigenvalue weighted by Crippen LogP contribution is -2.20. The highest BCUT2D eigenvalue weighted by Gasteiger charge is 2.17. The number of nitrogens with zero attached hydrogens (tertiary/aromatic N) is 3. The lowest BCUT2D eigenvalue weighted by atomic mass is 10.2. The fourth-order valence-corrected chi connectivity index (χ4v) is 2.16. The second-order valence-electron chi connectivity index (χ2n) is 4.13. The van der Waals surface area contributed by atoms with Gasteiger partial charge in [0.15, 0.2) is 5.84 Å². The number of carbonyl (C=O) groups is 1. The number of aryl methyl sites for hydroxylation is 1. The molecule has 0 radical (unpaired) electrons. The molecule has 1 heterocycles. The van der Waals surface area contributed by atoms with E-state index in [1.54, 1.807) is 7.05 Å². The molecular weight excluding hydrogens is 345 g/mol. The van der Waals surface area contributed by atoms with Gasteiger partial charge in [-0.2, -0.15) is 5.10 Å². The summed E-state index contributed by atoms with van der Waals surface area (Å²) in [5.41, 5.74) is 5.87. The molecule has 9 heteroatoms. The first kappa shape index (κ1) is 15.0. The van der Waals surface area contributed by atoms with E-state index in [1.807, 2.05) is 0 Å². The summed E-state index contributed by atoms with van der Waals surface area (Å²) in [5, 5.41) is 18.0. The SMILES string of the molecule is Cn1ncc(C(N)=NO)c1NC(=O)c1cc(F)cc(Br)c1. The minimum Gasteiger partial charge on any atom is -0.409 e. The van der Waals surface area contributed by atoms with E-state index in [0.717, 1.165) is 6.07 Å². The van der Waals surface area contributed by atoms with E-state index in [9.17, 15) is 9.18 Å². The van der Waals surface area contributed by atoms with Gasteiger partial charge in [0.2, 0.25) is 0 Å². The summed E-state index contributed by atoms with van der Waals surface area (Å²) in [6.07, 6.45) is 1.34. The molecule has 21 heavy (non-hydrogen) atoms. The van der Waals surface area contributed by atoms with Gasteiger partial charge in [0, 0.05) is 17.1 Å². The third-order valence-electron chi connectivity index (χ3n) is 2.68. The Morgan fingerprint density at radius 3 is 2.86 bits per heavy atom. The molecule has 0 spiro atoms. The summed E-state index contributed by atoms with van der Waals surface area (Å²) in [4.78, 5) is 12.1. The molecule has 0 unspecified atom stereocenters. The summed E-state index contributed by atoms with van der Waals surface area (Å²) >= 11 is 3.11. The first-order valence-electron chi connectivity index (χ1n) is 5.69. The lowest BCUT2D eigenvalue weighted by molar-refractivity contribution is 0.102. The van der Waals surface area contributed by atoms with Crippen molar-refractivity contribution >= 4 is 33.5 Å². The van der Waals surface area contributed by atoms with Gasteiger partial charge in [0.05, 0.1) is 11.8 Å². The number of hydrogen-bond acceptors (Lipinski definition) is 4. The third kappa shape index (κ3) is 3.19. The Balaban J connectivity index is 2.34. The molecule has 110 valence electrons. The summed E-state index contributed by atoms with van der Waals surface area (Å²) in [7, 11) is 1.57. The van der Waals surface area contributed by atoms with Crippen molar-refractivity contribution in [1.29, 1.82) is 0 Å². The van der Waals surface area contributed by atoms with Gasteiger partial charge in [-0.15, -0.1) is 0 Å². The van der Waals surface area contributed by atoms with Gasteiger partial charge in [0.25, 0.3) is 5.91 Å². The smallest absolute Gasteiger partial charge is 0.256 e. The third-order valence-corrected chi connectivity index (χ3v) is 3.14. The van der Waals surface area contributed by atoms with Crippen LogP contribution in [0.15, 0.2) is 34.0 Å². The first-order chi connectivity index (χ1) is 9.92. The van der Waals surface area contributed by atoms with Crippen molar-refractivity contribution in [3.63, 3.8) is 0 Å². The maximum atomic E-state index is 13.3. The number of nitrogens with two attached hydrogens (primary N) is 1. The predicted octanol–water partition coefficient (Wildman–Crippen LogP) is 1.67. The van der Waals surface area contributed by atoms with E-state index >= 15 is 0 Å². The maximum absolute atomic E-state index is 13.3. The fraction of sp³-hybridized carbons (Fsp3) is 0.0833. The van der Waals surface area contributed by atoms with Gasteiger partial charge in [-0.25, -0.2) is 4.39 Å². The highest BCUT2D eigenvalue weighted by atomic mass is 79.9. The van der Waals surface area contributed by atoms with Crippen LogP contribution in [-0.2, 0) is 7.05 Å². The van der Waals surface area contributed by atoms with Crippen LogP contribution in [0.2, 0.25) is 0 Å². The van der Waals surface area contributed by atoms with E-state index in [0.29, 0.717) is 4.47 Å². The van der Waals surface area contributed by atoms with Crippen molar-refractivity contribution in [1.82, 2.24) is 9.78 Å². The van der Waals surface area contributed by atoms with Gasteiger partial charge in [-0.1, -0.05) is 21.1 Å². The van der Waals surface area contributed by atoms with Crippen molar-refractivity contribution in [3.05, 3.63) is 45.8 Å².